The Hall–Kier alpha value is -5.27. The molecule has 0 aliphatic heterocycles. The fourth-order valence-electron chi connectivity index (χ4n) is 4.29. The molecular formula is C33H31ClN4O8S. The molecule has 0 aliphatic carbocycles. The molecule has 244 valence electrons. The number of hydrogen-bond acceptors (Lipinski definition) is 9. The van der Waals surface area contributed by atoms with Gasteiger partial charge in [-0.25, -0.2) is 17.9 Å². The lowest BCUT2D eigenvalue weighted by Crippen LogP contribution is -2.31. The number of halogens is 1. The molecule has 0 spiro atoms. The van der Waals surface area contributed by atoms with Crippen molar-refractivity contribution in [1.29, 1.82) is 0 Å². The fraction of sp³-hybridized carbons (Fsp3) is 0.182. The van der Waals surface area contributed by atoms with Gasteiger partial charge in [0.15, 0.2) is 0 Å². The summed E-state index contributed by atoms with van der Waals surface area (Å²) < 4.78 is 38.0. The molecule has 0 saturated heterocycles. The van der Waals surface area contributed by atoms with Gasteiger partial charge in [0.2, 0.25) is 0 Å². The largest absolute Gasteiger partial charge is 0.496 e. The molecule has 0 radical (unpaired) electrons. The van der Waals surface area contributed by atoms with Gasteiger partial charge in [0, 0.05) is 17.8 Å². The molecule has 0 saturated carbocycles. The highest BCUT2D eigenvalue weighted by Gasteiger charge is 2.20. The second kappa shape index (κ2) is 15.8. The van der Waals surface area contributed by atoms with E-state index in [0.717, 1.165) is 17.3 Å². The quantitative estimate of drug-likeness (QED) is 0.141. The molecule has 12 nitrogen and oxygen atoms in total. The smallest absolute Gasteiger partial charge is 0.338 e. The minimum atomic E-state index is -4.22. The molecule has 0 aliphatic rings. The highest BCUT2D eigenvalue weighted by Crippen LogP contribution is 2.22. The van der Waals surface area contributed by atoms with Gasteiger partial charge in [0.25, 0.3) is 27.7 Å². The van der Waals surface area contributed by atoms with E-state index in [-0.39, 0.29) is 41.8 Å². The van der Waals surface area contributed by atoms with Crippen molar-refractivity contribution in [2.75, 3.05) is 26.8 Å². The summed E-state index contributed by atoms with van der Waals surface area (Å²) in [5.41, 5.74) is 2.14. The van der Waals surface area contributed by atoms with Crippen LogP contribution in [0.25, 0.3) is 0 Å². The van der Waals surface area contributed by atoms with E-state index < -0.39 is 27.8 Å². The van der Waals surface area contributed by atoms with Crippen LogP contribution >= 0.6 is 11.6 Å². The van der Waals surface area contributed by atoms with Crippen LogP contribution in [0, 0.1) is 6.92 Å². The number of carbonyl (C=O) groups is 4. The van der Waals surface area contributed by atoms with Crippen LogP contribution in [0.2, 0.25) is 5.02 Å². The number of rotatable bonds is 13. The van der Waals surface area contributed by atoms with E-state index in [0.29, 0.717) is 28.3 Å². The predicted octanol–water partition coefficient (Wildman–Crippen LogP) is 3.73. The van der Waals surface area contributed by atoms with Crippen LogP contribution in [0.5, 0.6) is 5.75 Å². The van der Waals surface area contributed by atoms with Crippen molar-refractivity contribution in [1.82, 2.24) is 20.3 Å². The van der Waals surface area contributed by atoms with Crippen LogP contribution in [0.1, 0.15) is 52.7 Å². The molecule has 1 heterocycles. The number of aromatic nitrogens is 1. The molecule has 47 heavy (non-hydrogen) atoms. The van der Waals surface area contributed by atoms with Gasteiger partial charge < -0.3 is 20.1 Å². The normalized spacial score (nSPS) is 10.9. The maximum Gasteiger partial charge on any atom is 0.338 e. The topological polar surface area (TPSA) is 170 Å². The molecule has 0 fully saturated rings. The predicted molar refractivity (Wildman–Crippen MR) is 173 cm³/mol. The summed E-state index contributed by atoms with van der Waals surface area (Å²) in [5, 5.41) is 5.72. The van der Waals surface area contributed by atoms with E-state index in [1.807, 2.05) is 10.8 Å². The van der Waals surface area contributed by atoms with E-state index in [4.69, 9.17) is 21.1 Å². The molecule has 3 amide bonds. The van der Waals surface area contributed by atoms with Crippen LogP contribution in [-0.4, -0.2) is 63.9 Å². The van der Waals surface area contributed by atoms with Gasteiger partial charge in [-0.2, -0.15) is 0 Å². The maximum absolute atomic E-state index is 12.8. The molecule has 4 rings (SSSR count). The number of nitrogens with one attached hydrogen (secondary N) is 3. The number of amides is 3. The standard InChI is InChI=1S/C33H31ClN4O8S/c1-21-5-3-4-6-26(21)33(42)46-18-17-36-32(41)28-13-9-23(20-37-28)30(39)38-47(43,44)25-11-7-22(8-12-25)15-16-35-31(40)27-19-24(34)10-14-29(27)45-2/h3-14,19-20H,15-18H2,1-2H3,(H,35,40)(H,36,41)(H,38,39). The third-order valence-electron chi connectivity index (χ3n) is 6.81. The van der Waals surface area contributed by atoms with Gasteiger partial charge in [-0.15, -0.1) is 0 Å². The number of hydrogen-bond donors (Lipinski definition) is 3. The number of ether oxygens (including phenoxy) is 2. The fourth-order valence-corrected chi connectivity index (χ4v) is 5.44. The number of nitrogens with zero attached hydrogens (tertiary/aromatic N) is 1. The Labute approximate surface area is 276 Å². The van der Waals surface area contributed by atoms with Gasteiger partial charge in [0.05, 0.1) is 35.2 Å². The molecule has 3 aromatic carbocycles. The minimum absolute atomic E-state index is 0.0203. The molecule has 3 N–H and O–H groups in total. The highest BCUT2D eigenvalue weighted by atomic mass is 35.5. The number of pyridine rings is 1. The average Bonchev–Trinajstić information content (AvgIpc) is 3.06. The van der Waals surface area contributed by atoms with Crippen molar-refractivity contribution in [3.63, 3.8) is 0 Å². The summed E-state index contributed by atoms with van der Waals surface area (Å²) in [6.45, 7) is 2.02. The Morgan fingerprint density at radius 1 is 0.830 bits per heavy atom. The zero-order valence-electron chi connectivity index (χ0n) is 25.4. The molecule has 14 heteroatoms. The molecule has 4 aromatic rings. The van der Waals surface area contributed by atoms with Crippen LogP contribution in [0.4, 0.5) is 0 Å². The van der Waals surface area contributed by atoms with Gasteiger partial charge in [-0.05, 0) is 73.0 Å². The summed E-state index contributed by atoms with van der Waals surface area (Å²) >= 11 is 5.99. The Balaban J connectivity index is 1.24. The van der Waals surface area contributed by atoms with Crippen LogP contribution in [0.15, 0.2) is 90.0 Å². The van der Waals surface area contributed by atoms with E-state index >= 15 is 0 Å². The average molecular weight is 679 g/mol. The first-order chi connectivity index (χ1) is 22.5. The van der Waals surface area contributed by atoms with Gasteiger partial charge in [0.1, 0.15) is 18.1 Å². The number of methoxy groups -OCH3 is 1. The van der Waals surface area contributed by atoms with Gasteiger partial charge >= 0.3 is 5.97 Å². The molecule has 0 bridgehead atoms. The Morgan fingerprint density at radius 3 is 2.23 bits per heavy atom. The van der Waals surface area contributed by atoms with Crippen molar-refractivity contribution in [2.24, 2.45) is 0 Å². The molecule has 1 aromatic heterocycles. The lowest BCUT2D eigenvalue weighted by Gasteiger charge is -2.10. The number of sulfonamides is 1. The minimum Gasteiger partial charge on any atom is -0.496 e. The first-order valence-corrected chi connectivity index (χ1v) is 16.1. The first-order valence-electron chi connectivity index (χ1n) is 14.2. The lowest BCUT2D eigenvalue weighted by atomic mass is 10.1. The molecule has 0 unspecified atom stereocenters. The third kappa shape index (κ3) is 9.37. The number of aryl methyl sites for hydroxylation is 1. The molecule has 0 atom stereocenters. The van der Waals surface area contributed by atoms with Crippen molar-refractivity contribution in [3.8, 4) is 5.75 Å². The molecular weight excluding hydrogens is 648 g/mol. The number of carbonyl (C=O) groups excluding carboxylic acids is 4. The van der Waals surface area contributed by atoms with Crippen LogP contribution in [-0.2, 0) is 21.2 Å². The van der Waals surface area contributed by atoms with Gasteiger partial charge in [-0.1, -0.05) is 41.9 Å². The van der Waals surface area contributed by atoms with Crippen molar-refractivity contribution in [2.45, 2.75) is 18.2 Å². The van der Waals surface area contributed by atoms with Crippen LogP contribution < -0.4 is 20.1 Å². The van der Waals surface area contributed by atoms with Crippen molar-refractivity contribution >= 4 is 45.3 Å². The zero-order valence-corrected chi connectivity index (χ0v) is 27.0. The summed E-state index contributed by atoms with van der Waals surface area (Å²) in [7, 11) is -2.77. The second-order valence-corrected chi connectivity index (χ2v) is 12.2. The Bertz CT molecular complexity index is 1880. The Morgan fingerprint density at radius 2 is 1.55 bits per heavy atom. The second-order valence-electron chi connectivity index (χ2n) is 10.1. The van der Waals surface area contributed by atoms with Crippen molar-refractivity contribution < 1.29 is 37.1 Å². The van der Waals surface area contributed by atoms with E-state index in [9.17, 15) is 27.6 Å². The third-order valence-corrected chi connectivity index (χ3v) is 8.39. The number of esters is 1. The van der Waals surface area contributed by atoms with E-state index in [2.05, 4.69) is 15.6 Å². The first kappa shape index (κ1) is 34.6. The summed E-state index contributed by atoms with van der Waals surface area (Å²) in [6.07, 6.45) is 1.49. The summed E-state index contributed by atoms with van der Waals surface area (Å²) in [6, 6.07) is 20.0. The van der Waals surface area contributed by atoms with Crippen LogP contribution in [0.3, 0.4) is 0 Å². The summed E-state index contributed by atoms with van der Waals surface area (Å²) in [5.74, 6) is -2.00. The van der Waals surface area contributed by atoms with E-state index in [1.165, 1.54) is 37.4 Å². The highest BCUT2D eigenvalue weighted by molar-refractivity contribution is 7.90. The SMILES string of the molecule is COc1ccc(Cl)cc1C(=O)NCCc1ccc(S(=O)(=O)NC(=O)c2ccc(C(=O)NCCOC(=O)c3ccccc3C)nc2)cc1. The monoisotopic (exact) mass is 678 g/mol. The summed E-state index contributed by atoms with van der Waals surface area (Å²) in [4.78, 5) is 53.5. The lowest BCUT2D eigenvalue weighted by molar-refractivity contribution is 0.0502. The van der Waals surface area contributed by atoms with Gasteiger partial charge in [-0.3, -0.25) is 19.4 Å². The maximum atomic E-state index is 12.8. The zero-order chi connectivity index (χ0) is 34.0. The van der Waals surface area contributed by atoms with E-state index in [1.54, 1.807) is 49.4 Å². The van der Waals surface area contributed by atoms with Crippen molar-refractivity contribution in [3.05, 3.63) is 124 Å². The Kier molecular flexibility index (Phi) is 11.7. The number of benzene rings is 3.